The minimum atomic E-state index is 0. The molecule has 22 heavy (non-hydrogen) atoms. The van der Waals surface area contributed by atoms with Crippen LogP contribution in [0, 0.1) is 5.41 Å². The third-order valence-corrected chi connectivity index (χ3v) is 5.52. The van der Waals surface area contributed by atoms with Gasteiger partial charge in [0, 0.05) is 25.7 Å². The zero-order valence-electron chi connectivity index (χ0n) is 13.4. The summed E-state index contributed by atoms with van der Waals surface area (Å²) < 4.78 is 1.81. The van der Waals surface area contributed by atoms with Crippen LogP contribution in [-0.2, 0) is 20.0 Å². The summed E-state index contributed by atoms with van der Waals surface area (Å²) in [6, 6.07) is 0. The molecular formula is C15H27Cl3N4. The normalized spacial score (nSPS) is 20.7. The van der Waals surface area contributed by atoms with Gasteiger partial charge in [-0.1, -0.05) is 18.5 Å². The van der Waals surface area contributed by atoms with E-state index in [1.54, 1.807) is 0 Å². The average Bonchev–Trinajstić information content (AvgIpc) is 2.96. The Morgan fingerprint density at radius 3 is 2.55 bits per heavy atom. The Balaban J connectivity index is 0.00000121. The number of hydrogen-bond acceptors (Lipinski definition) is 3. The summed E-state index contributed by atoms with van der Waals surface area (Å²) in [7, 11) is 1.93. The van der Waals surface area contributed by atoms with Crippen LogP contribution in [0.5, 0.6) is 0 Å². The molecule has 3 rings (SSSR count). The number of aromatic nitrogens is 2. The first kappa shape index (κ1) is 20.0. The van der Waals surface area contributed by atoms with Gasteiger partial charge in [0.25, 0.3) is 0 Å². The molecule has 0 atom stereocenters. The Bertz CT molecular complexity index is 483. The average molecular weight is 370 g/mol. The zero-order chi connectivity index (χ0) is 14.2. The Morgan fingerprint density at radius 1 is 1.23 bits per heavy atom. The third kappa shape index (κ3) is 3.90. The van der Waals surface area contributed by atoms with E-state index in [2.05, 4.69) is 22.2 Å². The molecule has 0 amide bonds. The van der Waals surface area contributed by atoms with E-state index in [1.807, 2.05) is 11.7 Å². The molecule has 7 heteroatoms. The Labute approximate surface area is 150 Å². The topological polar surface area (TPSA) is 33.1 Å². The van der Waals surface area contributed by atoms with E-state index >= 15 is 0 Å². The summed E-state index contributed by atoms with van der Waals surface area (Å²) >= 11 is 6.41. The fraction of sp³-hybridized carbons (Fsp3) is 0.800. The molecule has 0 saturated carbocycles. The van der Waals surface area contributed by atoms with Crippen LogP contribution in [0.25, 0.3) is 0 Å². The molecule has 2 aliphatic heterocycles. The van der Waals surface area contributed by atoms with Crippen molar-refractivity contribution < 1.29 is 0 Å². The first-order valence-corrected chi connectivity index (χ1v) is 8.15. The van der Waals surface area contributed by atoms with Crippen molar-refractivity contribution in [1.82, 2.24) is 20.0 Å². The highest BCUT2D eigenvalue weighted by molar-refractivity contribution is 6.30. The summed E-state index contributed by atoms with van der Waals surface area (Å²) in [6.07, 6.45) is 4.95. The fourth-order valence-corrected chi connectivity index (χ4v) is 4.00. The molecule has 1 spiro atoms. The first-order chi connectivity index (χ1) is 9.63. The van der Waals surface area contributed by atoms with E-state index in [0.29, 0.717) is 5.41 Å². The van der Waals surface area contributed by atoms with Crippen LogP contribution in [0.4, 0.5) is 0 Å². The summed E-state index contributed by atoms with van der Waals surface area (Å²) in [6.45, 7) is 7.91. The van der Waals surface area contributed by atoms with Gasteiger partial charge in [0.15, 0.2) is 0 Å². The van der Waals surface area contributed by atoms with Gasteiger partial charge in [-0.2, -0.15) is 5.10 Å². The van der Waals surface area contributed by atoms with E-state index in [4.69, 9.17) is 11.6 Å². The second-order valence-corrected chi connectivity index (χ2v) is 6.76. The number of rotatable bonds is 3. The monoisotopic (exact) mass is 368 g/mol. The molecule has 1 aromatic rings. The number of aryl methyl sites for hydroxylation is 2. The van der Waals surface area contributed by atoms with Gasteiger partial charge in [-0.05, 0) is 50.7 Å². The van der Waals surface area contributed by atoms with Gasteiger partial charge in [-0.3, -0.25) is 9.58 Å². The quantitative estimate of drug-likeness (QED) is 0.889. The Kier molecular flexibility index (Phi) is 7.47. The van der Waals surface area contributed by atoms with Gasteiger partial charge in [0.2, 0.25) is 0 Å². The van der Waals surface area contributed by atoms with Gasteiger partial charge in [-0.25, -0.2) is 0 Å². The Morgan fingerprint density at radius 2 is 1.91 bits per heavy atom. The lowest BCUT2D eigenvalue weighted by Crippen LogP contribution is -2.38. The van der Waals surface area contributed by atoms with Crippen molar-refractivity contribution in [2.75, 3.05) is 26.2 Å². The second-order valence-electron chi connectivity index (χ2n) is 6.40. The standard InChI is InChI=1S/C15H25ClN4.2ClH/c1-3-13-12(14(16)19(2)18-13)10-20-9-6-15(11-20)4-7-17-8-5-15;;/h17H,3-11H2,1-2H3;2*1H. The largest absolute Gasteiger partial charge is 0.317 e. The number of nitrogens with one attached hydrogen (secondary N) is 1. The van der Waals surface area contributed by atoms with E-state index in [0.717, 1.165) is 23.8 Å². The molecule has 0 bridgehead atoms. The highest BCUT2D eigenvalue weighted by Crippen LogP contribution is 2.39. The fourth-order valence-electron chi connectivity index (χ4n) is 3.79. The second kappa shape index (κ2) is 8.20. The molecule has 4 nitrogen and oxygen atoms in total. The number of piperidine rings is 1. The van der Waals surface area contributed by atoms with Crippen LogP contribution in [0.1, 0.15) is 37.4 Å². The molecule has 0 aliphatic carbocycles. The van der Waals surface area contributed by atoms with Crippen molar-refractivity contribution in [3.63, 3.8) is 0 Å². The van der Waals surface area contributed by atoms with Gasteiger partial charge in [0.05, 0.1) is 5.69 Å². The van der Waals surface area contributed by atoms with Crippen LogP contribution in [0.3, 0.4) is 0 Å². The minimum absolute atomic E-state index is 0. The van der Waals surface area contributed by atoms with Crippen LogP contribution >= 0.6 is 36.4 Å². The van der Waals surface area contributed by atoms with Gasteiger partial charge >= 0.3 is 0 Å². The zero-order valence-corrected chi connectivity index (χ0v) is 15.8. The molecule has 2 aliphatic rings. The maximum absolute atomic E-state index is 6.41. The molecule has 128 valence electrons. The lowest BCUT2D eigenvalue weighted by atomic mass is 9.78. The maximum Gasteiger partial charge on any atom is 0.131 e. The van der Waals surface area contributed by atoms with Crippen LogP contribution in [0.2, 0.25) is 5.15 Å². The molecule has 1 aromatic heterocycles. The predicted octanol–water partition coefficient (Wildman–Crippen LogP) is 3.06. The van der Waals surface area contributed by atoms with E-state index < -0.39 is 0 Å². The van der Waals surface area contributed by atoms with E-state index in [9.17, 15) is 0 Å². The van der Waals surface area contributed by atoms with Gasteiger partial charge in [-0.15, -0.1) is 24.8 Å². The Hall–Kier alpha value is -0.000000000000000111. The molecule has 0 aromatic carbocycles. The molecule has 3 heterocycles. The first-order valence-electron chi connectivity index (χ1n) is 7.77. The van der Waals surface area contributed by atoms with Crippen molar-refractivity contribution in [3.8, 4) is 0 Å². The van der Waals surface area contributed by atoms with Gasteiger partial charge < -0.3 is 5.32 Å². The smallest absolute Gasteiger partial charge is 0.131 e. The number of halogens is 3. The third-order valence-electron chi connectivity index (χ3n) is 5.05. The molecule has 1 N–H and O–H groups in total. The van der Waals surface area contributed by atoms with Crippen molar-refractivity contribution in [2.45, 2.75) is 39.2 Å². The maximum atomic E-state index is 6.41. The van der Waals surface area contributed by atoms with Crippen LogP contribution in [-0.4, -0.2) is 40.9 Å². The highest BCUT2D eigenvalue weighted by atomic mass is 35.5. The summed E-state index contributed by atoms with van der Waals surface area (Å²) in [5.41, 5.74) is 2.96. The van der Waals surface area contributed by atoms with E-state index in [-0.39, 0.29) is 24.8 Å². The molecule has 2 saturated heterocycles. The van der Waals surface area contributed by atoms with Crippen molar-refractivity contribution in [2.24, 2.45) is 12.5 Å². The number of hydrogen-bond donors (Lipinski definition) is 1. The molecule has 2 fully saturated rings. The SMILES string of the molecule is CCc1nn(C)c(Cl)c1CN1CCC2(CCNCC2)C1.Cl.Cl. The van der Waals surface area contributed by atoms with Crippen molar-refractivity contribution >= 4 is 36.4 Å². The lowest BCUT2D eigenvalue weighted by molar-refractivity contribution is 0.194. The van der Waals surface area contributed by atoms with Crippen molar-refractivity contribution in [3.05, 3.63) is 16.4 Å². The molecule has 0 unspecified atom stereocenters. The van der Waals surface area contributed by atoms with Crippen LogP contribution < -0.4 is 5.32 Å². The lowest BCUT2D eigenvalue weighted by Gasteiger charge is -2.33. The molecule has 0 radical (unpaired) electrons. The minimum Gasteiger partial charge on any atom is -0.317 e. The number of likely N-dealkylation sites (tertiary alicyclic amines) is 1. The summed E-state index contributed by atoms with van der Waals surface area (Å²) in [5, 5.41) is 8.81. The highest BCUT2D eigenvalue weighted by Gasteiger charge is 2.39. The predicted molar refractivity (Wildman–Crippen MR) is 96.5 cm³/mol. The van der Waals surface area contributed by atoms with E-state index in [1.165, 1.54) is 51.0 Å². The van der Waals surface area contributed by atoms with Crippen molar-refractivity contribution in [1.29, 1.82) is 0 Å². The van der Waals surface area contributed by atoms with Crippen LogP contribution in [0.15, 0.2) is 0 Å². The molecular weight excluding hydrogens is 343 g/mol. The van der Waals surface area contributed by atoms with Gasteiger partial charge in [0.1, 0.15) is 5.15 Å². The number of nitrogens with zero attached hydrogens (tertiary/aromatic N) is 3. The summed E-state index contributed by atoms with van der Waals surface area (Å²) in [5.74, 6) is 0. The summed E-state index contributed by atoms with van der Waals surface area (Å²) in [4.78, 5) is 2.58.